The molecule has 0 atom stereocenters. The molecule has 5 nitrogen and oxygen atoms in total. The van der Waals surface area contributed by atoms with Crippen LogP contribution in [-0.2, 0) is 16.6 Å². The van der Waals surface area contributed by atoms with Gasteiger partial charge in [-0.2, -0.15) is 4.31 Å². The van der Waals surface area contributed by atoms with E-state index in [0.29, 0.717) is 18.3 Å². The zero-order valence-corrected chi connectivity index (χ0v) is 11.6. The lowest BCUT2D eigenvalue weighted by Gasteiger charge is -2.11. The minimum Gasteiger partial charge on any atom is -0.447 e. The zero-order chi connectivity index (χ0) is 13.8. The Labute approximate surface area is 108 Å². The lowest BCUT2D eigenvalue weighted by Crippen LogP contribution is -2.26. The monoisotopic (exact) mass is 270 g/mol. The highest BCUT2D eigenvalue weighted by atomic mass is 32.2. The van der Waals surface area contributed by atoms with E-state index in [2.05, 4.69) is 11.2 Å². The number of hydrogen-bond donors (Lipinski definition) is 1. The molecule has 0 bridgehead atoms. The molecule has 6 heteroatoms. The number of hydrogen-bond acceptors (Lipinski definition) is 4. The second kappa shape index (κ2) is 6.05. The fourth-order valence-corrected chi connectivity index (χ4v) is 2.27. The van der Waals surface area contributed by atoms with E-state index in [1.165, 1.54) is 13.1 Å². The van der Waals surface area contributed by atoms with Crippen molar-refractivity contribution in [1.82, 2.24) is 9.62 Å². The summed E-state index contributed by atoms with van der Waals surface area (Å²) in [4.78, 5) is 0. The summed E-state index contributed by atoms with van der Waals surface area (Å²) in [6.07, 6.45) is 5.09. The molecule has 0 amide bonds. The van der Waals surface area contributed by atoms with Gasteiger partial charge < -0.3 is 9.73 Å². The summed E-state index contributed by atoms with van der Waals surface area (Å²) in [6, 6.07) is 3.39. The lowest BCUT2D eigenvalue weighted by molar-refractivity contribution is 0.381. The van der Waals surface area contributed by atoms with Crippen molar-refractivity contribution in [1.29, 1.82) is 0 Å². The number of nitrogens with one attached hydrogen (secondary N) is 1. The van der Waals surface area contributed by atoms with Gasteiger partial charge in [-0.3, -0.25) is 0 Å². The van der Waals surface area contributed by atoms with E-state index in [1.807, 2.05) is 13.8 Å². The van der Waals surface area contributed by atoms with Crippen LogP contribution < -0.4 is 5.32 Å². The maximum Gasteiger partial charge on any atom is 0.277 e. The first-order valence-corrected chi connectivity index (χ1v) is 7.04. The van der Waals surface area contributed by atoms with Crippen LogP contribution in [0.3, 0.4) is 0 Å². The van der Waals surface area contributed by atoms with E-state index in [9.17, 15) is 8.42 Å². The van der Waals surface area contributed by atoms with E-state index < -0.39 is 10.0 Å². The van der Waals surface area contributed by atoms with Crippen LogP contribution in [0.4, 0.5) is 0 Å². The maximum atomic E-state index is 12.0. The Kier molecular flexibility index (Phi) is 4.96. The summed E-state index contributed by atoms with van der Waals surface area (Å²) in [5.41, 5.74) is 0. The molecule has 0 aliphatic heterocycles. The summed E-state index contributed by atoms with van der Waals surface area (Å²) in [7, 11) is -2.20. The Balaban J connectivity index is 2.82. The van der Waals surface area contributed by atoms with Gasteiger partial charge in [0.1, 0.15) is 5.76 Å². The normalized spacial score (nSPS) is 12.0. The van der Waals surface area contributed by atoms with Crippen molar-refractivity contribution in [3.63, 3.8) is 0 Å². The van der Waals surface area contributed by atoms with Crippen molar-refractivity contribution < 1.29 is 12.8 Å². The summed E-state index contributed by atoms with van der Waals surface area (Å²) in [5, 5.41) is 3.06. The number of sulfonamides is 1. The van der Waals surface area contributed by atoms with Crippen LogP contribution in [0, 0.1) is 12.3 Å². The van der Waals surface area contributed by atoms with E-state index >= 15 is 0 Å². The number of rotatable bonds is 6. The zero-order valence-electron chi connectivity index (χ0n) is 10.8. The predicted molar refractivity (Wildman–Crippen MR) is 69.3 cm³/mol. The van der Waals surface area contributed by atoms with Gasteiger partial charge in [-0.1, -0.05) is 19.8 Å². The molecule has 1 heterocycles. The summed E-state index contributed by atoms with van der Waals surface area (Å²) < 4.78 is 30.4. The Morgan fingerprint density at radius 2 is 2.17 bits per heavy atom. The average molecular weight is 270 g/mol. The first-order chi connectivity index (χ1) is 8.37. The highest BCUT2D eigenvalue weighted by Crippen LogP contribution is 2.17. The molecule has 1 aromatic rings. The molecule has 0 unspecified atom stereocenters. The number of terminal acetylenes is 1. The average Bonchev–Trinajstić information content (AvgIpc) is 2.75. The first-order valence-electron chi connectivity index (χ1n) is 5.60. The molecule has 0 aliphatic rings. The quantitative estimate of drug-likeness (QED) is 0.784. The molecule has 1 N–H and O–H groups in total. The van der Waals surface area contributed by atoms with Gasteiger partial charge in [0.15, 0.2) is 0 Å². The highest BCUT2D eigenvalue weighted by molar-refractivity contribution is 7.89. The lowest BCUT2D eigenvalue weighted by atomic mass is 10.3. The van der Waals surface area contributed by atoms with Gasteiger partial charge in [0, 0.05) is 13.1 Å². The van der Waals surface area contributed by atoms with Crippen LogP contribution in [0.5, 0.6) is 0 Å². The van der Waals surface area contributed by atoms with Gasteiger partial charge in [0.05, 0.1) is 13.1 Å². The predicted octanol–water partition coefficient (Wildman–Crippen LogP) is 1.03. The molecule has 1 aromatic heterocycles. The largest absolute Gasteiger partial charge is 0.447 e. The second-order valence-electron chi connectivity index (χ2n) is 4.22. The van der Waals surface area contributed by atoms with Gasteiger partial charge in [0.25, 0.3) is 10.0 Å². The van der Waals surface area contributed by atoms with Crippen LogP contribution in [0.2, 0.25) is 0 Å². The van der Waals surface area contributed by atoms with E-state index in [4.69, 9.17) is 10.8 Å². The second-order valence-corrected chi connectivity index (χ2v) is 6.20. The molecule has 18 heavy (non-hydrogen) atoms. The molecule has 100 valence electrons. The summed E-state index contributed by atoms with van der Waals surface area (Å²) in [5.74, 6) is 2.86. The minimum atomic E-state index is -3.62. The smallest absolute Gasteiger partial charge is 0.277 e. The van der Waals surface area contributed by atoms with Crippen molar-refractivity contribution >= 4 is 10.0 Å². The fraction of sp³-hybridized carbons (Fsp3) is 0.500. The molecule has 0 aliphatic carbocycles. The molecule has 0 aromatic carbocycles. The van der Waals surface area contributed by atoms with Crippen molar-refractivity contribution in [2.45, 2.75) is 31.5 Å². The Bertz CT molecular complexity index is 526. The van der Waals surface area contributed by atoms with Gasteiger partial charge >= 0.3 is 0 Å². The molecule has 1 rings (SSSR count). The Hall–Kier alpha value is -1.29. The van der Waals surface area contributed by atoms with Crippen LogP contribution in [-0.4, -0.2) is 32.4 Å². The van der Waals surface area contributed by atoms with Crippen molar-refractivity contribution in [3.8, 4) is 12.3 Å². The molecule has 0 spiro atoms. The number of furan rings is 1. The maximum absolute atomic E-state index is 12.0. The fourth-order valence-electron chi connectivity index (χ4n) is 1.26. The minimum absolute atomic E-state index is 0.0165. The molecular weight excluding hydrogens is 252 g/mol. The SMILES string of the molecule is C#CCN(C)S(=O)(=O)c1ccc(CNC(C)C)o1. The molecule has 0 fully saturated rings. The molecule has 0 radical (unpaired) electrons. The third-order valence-corrected chi connectivity index (χ3v) is 3.98. The van der Waals surface area contributed by atoms with E-state index in [0.717, 1.165) is 4.31 Å². The Morgan fingerprint density at radius 3 is 2.72 bits per heavy atom. The van der Waals surface area contributed by atoms with Gasteiger partial charge in [-0.05, 0) is 12.1 Å². The van der Waals surface area contributed by atoms with Crippen LogP contribution in [0.15, 0.2) is 21.6 Å². The van der Waals surface area contributed by atoms with E-state index in [1.54, 1.807) is 6.07 Å². The van der Waals surface area contributed by atoms with Gasteiger partial charge in [-0.25, -0.2) is 8.42 Å². The van der Waals surface area contributed by atoms with Crippen molar-refractivity contribution in [2.24, 2.45) is 0 Å². The van der Waals surface area contributed by atoms with E-state index in [-0.39, 0.29) is 11.6 Å². The Morgan fingerprint density at radius 1 is 1.50 bits per heavy atom. The third kappa shape index (κ3) is 3.60. The van der Waals surface area contributed by atoms with Gasteiger partial charge in [-0.15, -0.1) is 6.42 Å². The van der Waals surface area contributed by atoms with Crippen molar-refractivity contribution in [3.05, 3.63) is 17.9 Å². The summed E-state index contributed by atoms with van der Waals surface area (Å²) in [6.45, 7) is 4.51. The van der Waals surface area contributed by atoms with Crippen LogP contribution in [0.1, 0.15) is 19.6 Å². The highest BCUT2D eigenvalue weighted by Gasteiger charge is 2.23. The first kappa shape index (κ1) is 14.8. The topological polar surface area (TPSA) is 62.6 Å². The molecule has 0 saturated carbocycles. The van der Waals surface area contributed by atoms with Gasteiger partial charge in [0.2, 0.25) is 5.09 Å². The van der Waals surface area contributed by atoms with Crippen molar-refractivity contribution in [2.75, 3.05) is 13.6 Å². The summed E-state index contributed by atoms with van der Waals surface area (Å²) >= 11 is 0. The number of nitrogens with zero attached hydrogens (tertiary/aromatic N) is 1. The molecular formula is C12H18N2O3S. The van der Waals surface area contributed by atoms with Crippen LogP contribution in [0.25, 0.3) is 0 Å². The molecule has 0 saturated heterocycles. The van der Waals surface area contributed by atoms with Crippen LogP contribution >= 0.6 is 0 Å². The standard InChI is InChI=1S/C12H18N2O3S/c1-5-8-14(4)18(15,16)12-7-6-11(17-12)9-13-10(2)3/h1,6-7,10,13H,8-9H2,2-4H3. The third-order valence-electron chi connectivity index (χ3n) is 2.30.